The number of benzene rings is 10. The van der Waals surface area contributed by atoms with Crippen molar-refractivity contribution in [1.82, 2.24) is 75.7 Å². The molecule has 0 aliphatic carbocycles. The van der Waals surface area contributed by atoms with E-state index in [9.17, 15) is 0 Å². The number of thiol groups is 6. The van der Waals surface area contributed by atoms with Crippen LogP contribution in [0.25, 0.3) is 72.4 Å². The standard InChI is InChI=1S/C42H30S6.C14H11N3OS.C7H11N5S.C7H6N4S.C3H6N4S.2H2/c43-37-16-34(17-38(44)22-37)28-7-1-4-25(10-28)31-13-32(26-5-2-8-29(11-26)35-18-39(45)23-40(46)19-35)15-33(14-31)27-6-3-9-30(12-27)36-20-41(47)24-42(48)21-36;19-14-16-15-13(18-14)17(11-7-3-1-4-8-11)12-9-5-2-6-10-12;1-3-11(4-2)5-6-12-7(13)8-9-10-12;12-7-8-9-10-11(7)6-4-2-1-3-5-6;1-2-7-3(8)4-5-6-7;;/h1-24,43-48H;1-10H,(H,16,19);1H,4-6H2,2H3,(H,8,10,13);1-5H,(H,8,10,12);2H2,1H3,(H,4,6,8);2*1H. The summed E-state index contributed by atoms with van der Waals surface area (Å²) in [7, 11) is 0. The van der Waals surface area contributed by atoms with Gasteiger partial charge in [-0.2, -0.15) is 15.6 Å². The van der Waals surface area contributed by atoms with Gasteiger partial charge in [0.05, 0.1) is 23.6 Å². The van der Waals surface area contributed by atoms with Crippen LogP contribution in [0, 0.1) is 31.6 Å². The number of hydrogen-bond acceptors (Lipinski definition) is 20. The molecule has 0 bridgehead atoms. The third kappa shape index (κ3) is 20.4. The highest BCUT2D eigenvalue weighted by Gasteiger charge is 2.17. The van der Waals surface area contributed by atoms with Crippen LogP contribution in [-0.4, -0.2) is 88.8 Å². The second-order valence-corrected chi connectivity index (χ2v) is 26.2. The van der Waals surface area contributed by atoms with Gasteiger partial charge in [-0.1, -0.05) is 147 Å². The van der Waals surface area contributed by atoms with Crippen LogP contribution in [0.4, 0.5) is 17.4 Å². The highest BCUT2D eigenvalue weighted by atomic mass is 32.1. The highest BCUT2D eigenvalue weighted by Crippen LogP contribution is 2.39. The summed E-state index contributed by atoms with van der Waals surface area (Å²) >= 11 is 47.1. The van der Waals surface area contributed by atoms with Gasteiger partial charge in [0.1, 0.15) is 0 Å². The summed E-state index contributed by atoms with van der Waals surface area (Å²) in [5.74, 6) is 0. The molecular weight excluding hydrogens is 1440 g/mol. The fourth-order valence-electron chi connectivity index (χ4n) is 10.2. The Kier molecular flexibility index (Phi) is 26.5. The maximum Gasteiger partial charge on any atom is 0.326 e. The van der Waals surface area contributed by atoms with Crippen LogP contribution in [0.3, 0.4) is 0 Å². The molecule has 4 heterocycles. The minimum atomic E-state index is 0. The van der Waals surface area contributed by atoms with Gasteiger partial charge in [0, 0.05) is 57.9 Å². The first-order valence-electron chi connectivity index (χ1n) is 30.8. The van der Waals surface area contributed by atoms with Gasteiger partial charge in [0.2, 0.25) is 14.3 Å². The van der Waals surface area contributed by atoms with Crippen LogP contribution in [0.15, 0.2) is 270 Å². The molecule has 0 aliphatic rings. The van der Waals surface area contributed by atoms with Crippen molar-refractivity contribution in [2.45, 2.75) is 56.3 Å². The van der Waals surface area contributed by atoms with Gasteiger partial charge in [-0.25, -0.2) is 19.1 Å². The number of aromatic nitrogens is 14. The van der Waals surface area contributed by atoms with Crippen molar-refractivity contribution >= 4 is 142 Å². The Morgan fingerprint density at radius 3 is 1.09 bits per heavy atom. The van der Waals surface area contributed by atoms with Crippen molar-refractivity contribution in [3.05, 3.63) is 256 Å². The monoisotopic (exact) mass is 1500 g/mol. The number of tetrazole rings is 3. The Morgan fingerprint density at radius 1 is 0.430 bits per heavy atom. The number of terminal acetylenes is 1. The Labute approximate surface area is 634 Å². The van der Waals surface area contributed by atoms with E-state index >= 15 is 0 Å². The van der Waals surface area contributed by atoms with E-state index in [0.29, 0.717) is 26.9 Å². The van der Waals surface area contributed by atoms with Gasteiger partial charge in [-0.15, -0.1) is 80.9 Å². The van der Waals surface area contributed by atoms with E-state index in [2.05, 4.69) is 266 Å². The van der Waals surface area contributed by atoms with Crippen LogP contribution in [0.2, 0.25) is 0 Å². The number of hydrogen-bond donors (Lipinski definition) is 10. The fourth-order valence-corrected chi connectivity index (χ4v) is 12.8. The molecule has 27 heteroatoms. The maximum atomic E-state index is 5.43. The Morgan fingerprint density at radius 2 is 0.780 bits per heavy atom. The third-order valence-corrected chi connectivity index (χ3v) is 17.5. The predicted molar refractivity (Wildman–Crippen MR) is 432 cm³/mol. The molecule has 0 spiro atoms. The van der Waals surface area contributed by atoms with Crippen molar-refractivity contribution < 1.29 is 7.27 Å². The molecule has 0 unspecified atom stereocenters. The van der Waals surface area contributed by atoms with E-state index < -0.39 is 0 Å². The molecule has 10 aromatic carbocycles. The average Bonchev–Trinajstić information content (AvgIpc) is 0.902. The lowest BCUT2D eigenvalue weighted by Gasteiger charge is -2.20. The van der Waals surface area contributed by atoms with Gasteiger partial charge < -0.3 is 9.32 Å². The van der Waals surface area contributed by atoms with Gasteiger partial charge in [-0.05, 0) is 257 Å². The number of likely N-dealkylation sites (N-methyl/N-ethyl adjacent to an activating group) is 1. The SMILES string of the molecule is C#CN(CC)CCn1[nH]nnc1=S.CCn1[nH]nnc1=S.S=c1[nH]nc(N(c2ccccc2)c2ccccc2)o1.S=c1nn[nH]n1-c1ccccc1.Sc1cc(S)cc(-c2cccc(-c3cc(-c4cccc(-c5cc(S)cc(S)c5)c4)cc(-c4cccc(-c5cc(S)cc(S)c5)c4)c3)c2)c1.[HH].[HH]. The van der Waals surface area contributed by atoms with Crippen LogP contribution < -0.4 is 4.90 Å². The zero-order valence-electron chi connectivity index (χ0n) is 53.5. The minimum absolute atomic E-state index is 0. The fraction of sp³-hybridized carbons (Fsp3) is 0.0822. The van der Waals surface area contributed by atoms with E-state index in [4.69, 9.17) is 59.7 Å². The summed E-state index contributed by atoms with van der Waals surface area (Å²) in [4.78, 5) is 9.30. The quantitative estimate of drug-likeness (QED) is 0.0202. The summed E-state index contributed by atoms with van der Waals surface area (Å²) < 4.78 is 11.8. The maximum absolute atomic E-state index is 5.43. The normalized spacial score (nSPS) is 10.5. The minimum Gasteiger partial charge on any atom is -0.395 e. The Balaban J connectivity index is 0.000000197. The number of aromatic amines is 4. The molecule has 0 radical (unpaired) electrons. The van der Waals surface area contributed by atoms with E-state index in [1.54, 1.807) is 14.0 Å². The predicted octanol–water partition coefficient (Wildman–Crippen LogP) is 20.0. The van der Waals surface area contributed by atoms with Crippen LogP contribution in [-0.2, 0) is 13.1 Å². The molecule has 14 aromatic rings. The summed E-state index contributed by atoms with van der Waals surface area (Å²) in [5, 5.41) is 36.2. The average molecular weight is 1510 g/mol. The number of rotatable bonds is 15. The molecular formula is C73H68N16OS10. The number of anilines is 3. The number of aryl methyl sites for hydroxylation is 1. The number of para-hydroxylation sites is 3. The van der Waals surface area contributed by atoms with Crippen LogP contribution in [0.5, 0.6) is 0 Å². The zero-order valence-corrected chi connectivity index (χ0v) is 62.1. The molecule has 0 aliphatic heterocycles. The van der Waals surface area contributed by atoms with E-state index in [1.807, 2.05) is 133 Å². The molecule has 0 saturated heterocycles. The van der Waals surface area contributed by atoms with Gasteiger partial charge in [-0.3, -0.25) is 4.90 Å². The van der Waals surface area contributed by atoms with Crippen molar-refractivity contribution in [2.75, 3.05) is 18.0 Å². The van der Waals surface area contributed by atoms with Crippen molar-refractivity contribution in [3.63, 3.8) is 0 Å². The van der Waals surface area contributed by atoms with Gasteiger partial charge in [0.25, 0.3) is 4.84 Å². The molecule has 0 atom stereocenters. The van der Waals surface area contributed by atoms with E-state index in [0.717, 1.165) is 133 Å². The second-order valence-electron chi connectivity index (χ2n) is 21.7. The molecule has 0 fully saturated rings. The summed E-state index contributed by atoms with van der Waals surface area (Å²) in [6.07, 6.45) is 5.26. The van der Waals surface area contributed by atoms with E-state index in [1.165, 1.54) is 0 Å². The lowest BCUT2D eigenvalue weighted by Crippen LogP contribution is -2.22. The third-order valence-electron chi connectivity index (χ3n) is 14.9. The first kappa shape index (κ1) is 73.4. The van der Waals surface area contributed by atoms with Crippen LogP contribution in [0.1, 0.15) is 16.7 Å². The summed E-state index contributed by atoms with van der Waals surface area (Å²) in [6.45, 7) is 7.02. The van der Waals surface area contributed by atoms with Crippen molar-refractivity contribution in [2.24, 2.45) is 0 Å². The zero-order chi connectivity index (χ0) is 70.5. The molecule has 4 N–H and O–H groups in total. The number of H-pyrrole nitrogens is 4. The topological polar surface area (TPSA) is 188 Å². The smallest absolute Gasteiger partial charge is 0.326 e. The summed E-state index contributed by atoms with van der Waals surface area (Å²) in [6, 6.07) is 83.5. The molecule has 506 valence electrons. The van der Waals surface area contributed by atoms with Gasteiger partial charge >= 0.3 is 6.01 Å². The van der Waals surface area contributed by atoms with Crippen molar-refractivity contribution in [3.8, 4) is 84.9 Å². The van der Waals surface area contributed by atoms with Crippen LogP contribution >= 0.6 is 125 Å². The number of nitrogens with zero attached hydrogens (tertiary/aromatic N) is 12. The Bertz CT molecular complexity index is 4960. The highest BCUT2D eigenvalue weighted by molar-refractivity contribution is 7.81. The lowest BCUT2D eigenvalue weighted by atomic mass is 9.90. The molecule has 17 nitrogen and oxygen atoms in total. The molecule has 4 aromatic heterocycles. The summed E-state index contributed by atoms with van der Waals surface area (Å²) in [5.41, 5.74) is 16.2. The largest absolute Gasteiger partial charge is 0.395 e. The van der Waals surface area contributed by atoms with Gasteiger partial charge in [0.15, 0.2) is 0 Å². The molecule has 0 saturated carbocycles. The first-order chi connectivity index (χ1) is 48.5. The number of nitrogens with one attached hydrogen (secondary N) is 4. The van der Waals surface area contributed by atoms with E-state index in [-0.39, 0.29) is 7.69 Å². The lowest BCUT2D eigenvalue weighted by molar-refractivity contribution is 0.379. The Hall–Kier alpha value is -9.31. The molecule has 100 heavy (non-hydrogen) atoms. The molecule has 0 amide bonds. The second kappa shape index (κ2) is 36.2. The van der Waals surface area contributed by atoms with Crippen molar-refractivity contribution in [1.29, 1.82) is 0 Å². The first-order valence-corrected chi connectivity index (χ1v) is 35.1. The molecule has 14 rings (SSSR count).